The smallest absolute Gasteiger partial charge is 0.387 e. The Morgan fingerprint density at radius 2 is 1.82 bits per heavy atom. The summed E-state index contributed by atoms with van der Waals surface area (Å²) in [5, 5.41) is 20.7. The molecule has 8 N–H and O–H groups in total. The van der Waals surface area contributed by atoms with Gasteiger partial charge in [0, 0.05) is 0 Å². The van der Waals surface area contributed by atoms with Crippen molar-refractivity contribution in [2.75, 3.05) is 27.4 Å². The van der Waals surface area contributed by atoms with E-state index in [4.69, 9.17) is 20.3 Å². The lowest BCUT2D eigenvalue weighted by Crippen LogP contribution is -2.62. The second-order valence-corrected chi connectivity index (χ2v) is 11.8. The van der Waals surface area contributed by atoms with Crippen LogP contribution >= 0.6 is 23.5 Å². The van der Waals surface area contributed by atoms with Crippen molar-refractivity contribution in [3.63, 3.8) is 0 Å². The fourth-order valence-corrected chi connectivity index (χ4v) is 6.22. The molecule has 0 aromatic heterocycles. The zero-order chi connectivity index (χ0) is 25.7. The molecule has 3 aliphatic rings. The van der Waals surface area contributed by atoms with E-state index < -0.39 is 60.4 Å². The van der Waals surface area contributed by atoms with E-state index >= 15 is 0 Å². The molecular formula is C12H23N6O13P3. The van der Waals surface area contributed by atoms with Gasteiger partial charge in [-0.25, -0.2) is 23.7 Å². The number of hydrogen-bond donors (Lipinski definition) is 7. The standard InChI is InChI=1S/C12H23N6O13P3/c1-17(2)12(13)9-10(14-4-16-12)18(5-15-9)11-8(20)7(19)6(29-11)3-28-33(24,25)31-34(26,27)30-32(21,22)23/h4,6-8,11,19-20H,3,5,13H2,1-2H3,(H,24,25)(H,26,27)(H2,21,22,23)/t6-,7-,8-,11-,12?/m1/s1. The minimum Gasteiger partial charge on any atom is -0.387 e. The first-order valence-corrected chi connectivity index (χ1v) is 13.7. The van der Waals surface area contributed by atoms with E-state index in [-0.39, 0.29) is 18.2 Å². The number of aliphatic hydroxyl groups excluding tert-OH is 2. The van der Waals surface area contributed by atoms with Crippen LogP contribution in [-0.4, -0.2) is 115 Å². The number of nitrogens with two attached hydrogens (primary N) is 1. The molecule has 0 radical (unpaired) electrons. The van der Waals surface area contributed by atoms with Crippen LogP contribution in [0.4, 0.5) is 0 Å². The van der Waals surface area contributed by atoms with Crippen molar-refractivity contribution in [3.05, 3.63) is 0 Å². The number of hydrogen-bond acceptors (Lipinski definition) is 15. The van der Waals surface area contributed by atoms with Gasteiger partial charge < -0.3 is 39.4 Å². The van der Waals surface area contributed by atoms with E-state index in [0.717, 1.165) is 0 Å². The van der Waals surface area contributed by atoms with Gasteiger partial charge in [0.25, 0.3) is 0 Å². The van der Waals surface area contributed by atoms with Gasteiger partial charge >= 0.3 is 23.5 Å². The highest BCUT2D eigenvalue weighted by Gasteiger charge is 2.52. The van der Waals surface area contributed by atoms with Crippen LogP contribution in [0.5, 0.6) is 0 Å². The maximum Gasteiger partial charge on any atom is 0.490 e. The highest BCUT2D eigenvalue weighted by Crippen LogP contribution is 2.66. The van der Waals surface area contributed by atoms with Gasteiger partial charge in [0.2, 0.25) is 5.79 Å². The van der Waals surface area contributed by atoms with E-state index in [1.165, 1.54) is 11.2 Å². The first-order valence-electron chi connectivity index (χ1n) is 9.15. The molecule has 194 valence electrons. The van der Waals surface area contributed by atoms with E-state index in [2.05, 4.69) is 28.1 Å². The van der Waals surface area contributed by atoms with Gasteiger partial charge in [0.15, 0.2) is 12.1 Å². The van der Waals surface area contributed by atoms with Crippen LogP contribution in [0.1, 0.15) is 0 Å². The monoisotopic (exact) mass is 552 g/mol. The zero-order valence-corrected chi connectivity index (χ0v) is 20.2. The SMILES string of the molecule is CN(C)C1(N)N=CN=C2C1=NCN2[C@@H]1O[C@H](COP(=O)(O)OP(=O)(O)OP(=O)(O)O)[C@@H](O)[C@H]1O. The van der Waals surface area contributed by atoms with E-state index in [0.29, 0.717) is 0 Å². The summed E-state index contributed by atoms with van der Waals surface area (Å²) in [6.07, 6.45) is -4.78. The van der Waals surface area contributed by atoms with Crippen molar-refractivity contribution < 1.29 is 61.4 Å². The third kappa shape index (κ3) is 5.87. The van der Waals surface area contributed by atoms with Crippen molar-refractivity contribution in [1.29, 1.82) is 0 Å². The second-order valence-electron chi connectivity index (χ2n) is 7.37. The molecule has 0 amide bonds. The van der Waals surface area contributed by atoms with Gasteiger partial charge in [0.05, 0.1) is 6.61 Å². The number of fused-ring (bicyclic) bond motifs is 1. The van der Waals surface area contributed by atoms with Crippen molar-refractivity contribution in [2.24, 2.45) is 20.7 Å². The van der Waals surface area contributed by atoms with E-state index in [1.807, 2.05) is 0 Å². The predicted molar refractivity (Wildman–Crippen MR) is 111 cm³/mol. The first kappa shape index (κ1) is 27.6. The highest BCUT2D eigenvalue weighted by atomic mass is 31.3. The number of phosphoric ester groups is 1. The molecule has 19 nitrogen and oxygen atoms in total. The van der Waals surface area contributed by atoms with Gasteiger partial charge in [-0.15, -0.1) is 0 Å². The van der Waals surface area contributed by atoms with Crippen molar-refractivity contribution in [1.82, 2.24) is 9.80 Å². The molecule has 3 unspecified atom stereocenters. The molecule has 22 heteroatoms. The average molecular weight is 552 g/mol. The Morgan fingerprint density at radius 1 is 1.18 bits per heavy atom. The molecule has 0 spiro atoms. The van der Waals surface area contributed by atoms with Crippen LogP contribution in [0.15, 0.2) is 15.0 Å². The number of aliphatic hydroxyl groups is 2. The van der Waals surface area contributed by atoms with Crippen molar-refractivity contribution in [3.8, 4) is 0 Å². The molecule has 3 aliphatic heterocycles. The van der Waals surface area contributed by atoms with Gasteiger partial charge in [-0.05, 0) is 14.1 Å². The minimum atomic E-state index is -5.71. The molecule has 0 aliphatic carbocycles. The fraction of sp³-hybridized carbons (Fsp3) is 0.750. The second kappa shape index (κ2) is 9.48. The fourth-order valence-electron chi connectivity index (χ4n) is 3.19. The molecule has 3 heterocycles. The van der Waals surface area contributed by atoms with Crippen molar-refractivity contribution >= 4 is 41.4 Å². The quantitative estimate of drug-likeness (QED) is 0.112. The molecule has 34 heavy (non-hydrogen) atoms. The zero-order valence-electron chi connectivity index (χ0n) is 17.5. The van der Waals surface area contributed by atoms with Crippen LogP contribution in [-0.2, 0) is 31.6 Å². The summed E-state index contributed by atoms with van der Waals surface area (Å²) in [5.41, 5.74) is 6.53. The topological polar surface area (TPSA) is 279 Å². The maximum atomic E-state index is 11.9. The van der Waals surface area contributed by atoms with E-state index in [9.17, 15) is 33.7 Å². The van der Waals surface area contributed by atoms with Crippen LogP contribution in [0, 0.1) is 0 Å². The minimum absolute atomic E-state index is 0.0820. The molecule has 3 rings (SSSR count). The Labute approximate surface area is 191 Å². The first-order chi connectivity index (χ1) is 15.5. The highest BCUT2D eigenvalue weighted by molar-refractivity contribution is 7.66. The molecule has 0 bridgehead atoms. The molecule has 7 atom stereocenters. The maximum absolute atomic E-state index is 11.9. The number of rotatable bonds is 9. The van der Waals surface area contributed by atoms with Crippen LogP contribution in [0.3, 0.4) is 0 Å². The Balaban J connectivity index is 1.66. The average Bonchev–Trinajstić information content (AvgIpc) is 3.20. The van der Waals surface area contributed by atoms with Gasteiger partial charge in [0.1, 0.15) is 37.0 Å². The number of amidine groups is 1. The summed E-state index contributed by atoms with van der Waals surface area (Å²) >= 11 is 0. The summed E-state index contributed by atoms with van der Waals surface area (Å²) in [4.78, 5) is 51.3. The lowest BCUT2D eigenvalue weighted by atomic mass is 10.1. The molecule has 1 saturated heterocycles. The number of aliphatic imine (C=N–C) groups is 3. The number of nitrogens with zero attached hydrogens (tertiary/aromatic N) is 5. The third-order valence-electron chi connectivity index (χ3n) is 4.79. The number of ether oxygens (including phenoxy) is 1. The lowest BCUT2D eigenvalue weighted by molar-refractivity contribution is -0.0681. The largest absolute Gasteiger partial charge is 0.490 e. The summed E-state index contributed by atoms with van der Waals surface area (Å²) in [5.74, 6) is -1.14. The number of phosphoric acid groups is 3. The third-order valence-corrected chi connectivity index (χ3v) is 8.59. The molecule has 0 aromatic rings. The van der Waals surface area contributed by atoms with Gasteiger partial charge in [-0.2, -0.15) is 8.62 Å². The summed E-state index contributed by atoms with van der Waals surface area (Å²) < 4.78 is 51.1. The Bertz CT molecular complexity index is 1050. The molecule has 0 saturated carbocycles. The van der Waals surface area contributed by atoms with Gasteiger partial charge in [-0.3, -0.25) is 20.1 Å². The Morgan fingerprint density at radius 3 is 2.41 bits per heavy atom. The molecular weight excluding hydrogens is 529 g/mol. The Kier molecular flexibility index (Phi) is 7.69. The summed E-state index contributed by atoms with van der Waals surface area (Å²) in [6, 6.07) is 0. The predicted octanol–water partition coefficient (Wildman–Crippen LogP) is -2.89. The lowest BCUT2D eigenvalue weighted by Gasteiger charge is -2.35. The molecule has 0 aromatic carbocycles. The van der Waals surface area contributed by atoms with E-state index in [1.54, 1.807) is 19.0 Å². The Hall–Kier alpha value is -0.980. The summed E-state index contributed by atoms with van der Waals surface area (Å²) in [7, 11) is -13.4. The van der Waals surface area contributed by atoms with Crippen molar-refractivity contribution in [2.45, 2.75) is 30.3 Å². The summed E-state index contributed by atoms with van der Waals surface area (Å²) in [6.45, 7) is -1.03. The normalized spacial score (nSPS) is 35.1. The van der Waals surface area contributed by atoms with Gasteiger partial charge in [-0.1, -0.05) is 0 Å². The van der Waals surface area contributed by atoms with Crippen LogP contribution in [0.25, 0.3) is 0 Å². The molecule has 1 fully saturated rings. The van der Waals surface area contributed by atoms with Crippen LogP contribution in [0.2, 0.25) is 0 Å². The van der Waals surface area contributed by atoms with Crippen LogP contribution < -0.4 is 5.73 Å².